The minimum absolute atomic E-state index is 0.0175. The molecule has 0 unspecified atom stereocenters. The first-order valence-corrected chi connectivity index (χ1v) is 11.1. The first kappa shape index (κ1) is 26.8. The molecule has 13 heteroatoms. The second-order valence-electron chi connectivity index (χ2n) is 9.08. The van der Waals surface area contributed by atoms with Gasteiger partial charge in [0, 0.05) is 18.3 Å². The van der Waals surface area contributed by atoms with Crippen LogP contribution in [0.4, 0.5) is 17.5 Å². The van der Waals surface area contributed by atoms with Gasteiger partial charge in [-0.25, -0.2) is 14.8 Å². The number of aromatic nitrogens is 4. The molecule has 2 heterocycles. The van der Waals surface area contributed by atoms with Crippen molar-refractivity contribution in [2.45, 2.75) is 39.3 Å². The summed E-state index contributed by atoms with van der Waals surface area (Å²) in [4.78, 5) is 54.6. The number of esters is 1. The maximum Gasteiger partial charge on any atom is 0.355 e. The van der Waals surface area contributed by atoms with Gasteiger partial charge in [0.2, 0.25) is 5.95 Å². The number of nitrogens with two attached hydrogens (primary N) is 2. The van der Waals surface area contributed by atoms with Crippen molar-refractivity contribution in [1.82, 2.24) is 25.3 Å². The Labute approximate surface area is 212 Å². The summed E-state index contributed by atoms with van der Waals surface area (Å²) in [6.07, 6.45) is 2.21. The van der Waals surface area contributed by atoms with Gasteiger partial charge in [0.1, 0.15) is 11.3 Å². The van der Waals surface area contributed by atoms with E-state index in [0.717, 1.165) is 11.8 Å². The zero-order valence-electron chi connectivity index (χ0n) is 20.8. The van der Waals surface area contributed by atoms with Crippen LogP contribution in [0.1, 0.15) is 43.2 Å². The molecule has 2 aromatic heterocycles. The van der Waals surface area contributed by atoms with Gasteiger partial charge < -0.3 is 31.5 Å². The summed E-state index contributed by atoms with van der Waals surface area (Å²) >= 11 is 0. The molecule has 37 heavy (non-hydrogen) atoms. The zero-order chi connectivity index (χ0) is 27.3. The Morgan fingerprint density at radius 3 is 2.41 bits per heavy atom. The topological polar surface area (TPSA) is 200 Å². The average molecular weight is 509 g/mol. The van der Waals surface area contributed by atoms with Crippen LogP contribution in [-0.4, -0.2) is 55.5 Å². The van der Waals surface area contributed by atoms with Crippen molar-refractivity contribution < 1.29 is 24.2 Å². The Hall–Kier alpha value is -4.81. The largest absolute Gasteiger partial charge is 0.481 e. The van der Waals surface area contributed by atoms with Gasteiger partial charge in [0.15, 0.2) is 17.0 Å². The second-order valence-corrected chi connectivity index (χ2v) is 9.08. The van der Waals surface area contributed by atoms with Gasteiger partial charge in [0.05, 0.1) is 24.9 Å². The van der Waals surface area contributed by atoms with Crippen LogP contribution in [0.2, 0.25) is 0 Å². The smallest absolute Gasteiger partial charge is 0.355 e. The molecule has 6 N–H and O–H groups in total. The van der Waals surface area contributed by atoms with Crippen molar-refractivity contribution >= 4 is 46.5 Å². The number of hydrogen-bond donors (Lipinski definition) is 4. The Kier molecular flexibility index (Phi) is 7.85. The summed E-state index contributed by atoms with van der Waals surface area (Å²) in [6, 6.07) is 6.59. The number of nitrogen functional groups attached to an aromatic ring is 2. The van der Waals surface area contributed by atoms with E-state index < -0.39 is 29.9 Å². The third-order valence-electron chi connectivity index (χ3n) is 4.82. The number of carbonyl (C=O) groups is 3. The average Bonchev–Trinajstić information content (AvgIpc) is 2.80. The van der Waals surface area contributed by atoms with Gasteiger partial charge in [-0.3, -0.25) is 9.59 Å². The Morgan fingerprint density at radius 1 is 1.11 bits per heavy atom. The highest BCUT2D eigenvalue weighted by Crippen LogP contribution is 2.19. The number of carboxylic acids is 1. The minimum atomic E-state index is -1.15. The Balaban J connectivity index is 1.72. The van der Waals surface area contributed by atoms with Crippen molar-refractivity contribution in [1.29, 1.82) is 0 Å². The van der Waals surface area contributed by atoms with Crippen molar-refractivity contribution in [2.75, 3.05) is 23.4 Å². The van der Waals surface area contributed by atoms with Gasteiger partial charge in [-0.2, -0.15) is 9.97 Å². The number of fused-ring (bicyclic) bond motifs is 1. The van der Waals surface area contributed by atoms with Crippen LogP contribution in [0.15, 0.2) is 42.2 Å². The molecule has 0 radical (unpaired) electrons. The van der Waals surface area contributed by atoms with Crippen molar-refractivity contribution in [3.05, 3.63) is 53.5 Å². The molecule has 0 bridgehead atoms. The standard InChI is InChI=1S/C24H28N8O5/c1-24(2,3)37-22(36)16(9-10-17(33)34)29-21(35)13-5-7-15(8-6-13)32(4)12-14-11-27-20-18(28-14)19(25)30-23(26)31-20/h5-9,11H,10,12H2,1-4H3,(H,29,35)(H,33,34)(H4,25,26,27,30,31). The number of ether oxygens (including phenoxy) is 1. The molecule has 0 aliphatic carbocycles. The van der Waals surface area contributed by atoms with Crippen LogP contribution in [0, 0.1) is 0 Å². The molecule has 13 nitrogen and oxygen atoms in total. The van der Waals surface area contributed by atoms with E-state index in [1.54, 1.807) is 51.2 Å². The van der Waals surface area contributed by atoms with Crippen LogP contribution < -0.4 is 21.7 Å². The van der Waals surface area contributed by atoms with E-state index in [1.165, 1.54) is 0 Å². The second kappa shape index (κ2) is 10.8. The van der Waals surface area contributed by atoms with E-state index in [9.17, 15) is 14.4 Å². The number of aliphatic carboxylic acids is 1. The molecule has 1 amide bonds. The van der Waals surface area contributed by atoms with Crippen molar-refractivity contribution in [3.8, 4) is 0 Å². The summed E-state index contributed by atoms with van der Waals surface area (Å²) < 4.78 is 5.26. The van der Waals surface area contributed by atoms with Crippen molar-refractivity contribution in [3.63, 3.8) is 0 Å². The molecule has 0 atom stereocenters. The Morgan fingerprint density at radius 2 is 1.78 bits per heavy atom. The van der Waals surface area contributed by atoms with E-state index in [1.807, 2.05) is 11.9 Å². The highest BCUT2D eigenvalue weighted by Gasteiger charge is 2.22. The number of benzene rings is 1. The van der Waals surface area contributed by atoms with Crippen molar-refractivity contribution in [2.24, 2.45) is 0 Å². The Bertz CT molecular complexity index is 1370. The molecule has 0 spiro atoms. The number of hydrogen-bond acceptors (Lipinski definition) is 11. The molecule has 194 valence electrons. The summed E-state index contributed by atoms with van der Waals surface area (Å²) in [6.45, 7) is 5.37. The zero-order valence-corrected chi connectivity index (χ0v) is 20.8. The van der Waals surface area contributed by atoms with E-state index in [2.05, 4.69) is 25.3 Å². The quantitative estimate of drug-likeness (QED) is 0.254. The summed E-state index contributed by atoms with van der Waals surface area (Å²) in [5.74, 6) is -2.42. The summed E-state index contributed by atoms with van der Waals surface area (Å²) in [5, 5.41) is 11.4. The number of carbonyl (C=O) groups excluding carboxylic acids is 2. The first-order valence-electron chi connectivity index (χ1n) is 11.1. The molecule has 0 aliphatic rings. The number of nitrogens with zero attached hydrogens (tertiary/aromatic N) is 5. The number of rotatable bonds is 8. The third kappa shape index (κ3) is 7.34. The van der Waals surface area contributed by atoms with E-state index >= 15 is 0 Å². The molecule has 0 aliphatic heterocycles. The predicted octanol–water partition coefficient (Wildman–Crippen LogP) is 1.65. The molecule has 0 fully saturated rings. The molecule has 0 saturated carbocycles. The lowest BCUT2D eigenvalue weighted by Gasteiger charge is -2.21. The fraction of sp³-hybridized carbons (Fsp3) is 0.292. The minimum Gasteiger partial charge on any atom is -0.481 e. The van der Waals surface area contributed by atoms with Crippen LogP contribution in [0.25, 0.3) is 11.2 Å². The molecular weight excluding hydrogens is 480 g/mol. The van der Waals surface area contributed by atoms with Gasteiger partial charge >= 0.3 is 11.9 Å². The highest BCUT2D eigenvalue weighted by atomic mass is 16.6. The monoisotopic (exact) mass is 508 g/mol. The lowest BCUT2D eigenvalue weighted by Crippen LogP contribution is -2.33. The SMILES string of the molecule is CN(Cc1cnc2nc(N)nc(N)c2n1)c1ccc(C(=O)NC(=CCC(=O)O)C(=O)OC(C)(C)C)cc1. The maximum atomic E-state index is 12.8. The van der Waals surface area contributed by atoms with E-state index in [-0.39, 0.29) is 23.0 Å². The maximum absolute atomic E-state index is 12.8. The molecular formula is C24H28N8O5. The lowest BCUT2D eigenvalue weighted by molar-refractivity contribution is -0.150. The van der Waals surface area contributed by atoms with Gasteiger partial charge in [0.25, 0.3) is 5.91 Å². The molecule has 3 aromatic rings. The summed E-state index contributed by atoms with van der Waals surface area (Å²) in [7, 11) is 1.83. The summed E-state index contributed by atoms with van der Waals surface area (Å²) in [5.41, 5.74) is 12.7. The number of amides is 1. The predicted molar refractivity (Wildman–Crippen MR) is 136 cm³/mol. The van der Waals surface area contributed by atoms with Crippen LogP contribution >= 0.6 is 0 Å². The number of carboxylic acid groups (broad SMARTS) is 1. The fourth-order valence-corrected chi connectivity index (χ4v) is 3.16. The van der Waals surface area contributed by atoms with E-state index in [0.29, 0.717) is 23.4 Å². The fourth-order valence-electron chi connectivity index (χ4n) is 3.16. The van der Waals surface area contributed by atoms with Gasteiger partial charge in [-0.05, 0) is 51.1 Å². The van der Waals surface area contributed by atoms with Crippen LogP contribution in [0.3, 0.4) is 0 Å². The highest BCUT2D eigenvalue weighted by molar-refractivity contribution is 6.01. The van der Waals surface area contributed by atoms with Crippen LogP contribution in [-0.2, 0) is 20.9 Å². The molecule has 0 saturated heterocycles. The van der Waals surface area contributed by atoms with Gasteiger partial charge in [-0.1, -0.05) is 0 Å². The number of nitrogens with one attached hydrogen (secondary N) is 1. The molecule has 3 rings (SSSR count). The molecule has 1 aromatic carbocycles. The van der Waals surface area contributed by atoms with Crippen LogP contribution in [0.5, 0.6) is 0 Å². The van der Waals surface area contributed by atoms with Gasteiger partial charge in [-0.15, -0.1) is 0 Å². The lowest BCUT2D eigenvalue weighted by atomic mass is 10.1. The number of anilines is 3. The normalized spacial score (nSPS) is 11.7. The van der Waals surface area contributed by atoms with E-state index in [4.69, 9.17) is 21.3 Å². The third-order valence-corrected chi connectivity index (χ3v) is 4.82. The first-order chi connectivity index (χ1) is 17.3.